The fraction of sp³-hybridized carbons (Fsp3) is 0.300. The van der Waals surface area contributed by atoms with E-state index in [0.29, 0.717) is 0 Å². The van der Waals surface area contributed by atoms with Gasteiger partial charge in [0.15, 0.2) is 17.4 Å². The highest BCUT2D eigenvalue weighted by molar-refractivity contribution is 14.1. The van der Waals surface area contributed by atoms with Gasteiger partial charge in [-0.1, -0.05) is 0 Å². The summed E-state index contributed by atoms with van der Waals surface area (Å²) in [7, 11) is 1.46. The van der Waals surface area contributed by atoms with E-state index in [0.717, 1.165) is 6.07 Å². The van der Waals surface area contributed by atoms with Gasteiger partial charge in [-0.25, -0.2) is 8.78 Å². The van der Waals surface area contributed by atoms with E-state index in [1.54, 1.807) is 28.7 Å². The van der Waals surface area contributed by atoms with Crippen molar-refractivity contribution < 1.29 is 18.3 Å². The van der Waals surface area contributed by atoms with E-state index in [4.69, 9.17) is 14.7 Å². The number of nitriles is 1. The fourth-order valence-electron chi connectivity index (χ4n) is 1.02. The predicted octanol–water partition coefficient (Wildman–Crippen LogP) is 2.47. The smallest absolute Gasteiger partial charge is 0.192 e. The van der Waals surface area contributed by atoms with Crippen LogP contribution in [0.5, 0.6) is 5.75 Å². The Morgan fingerprint density at radius 1 is 1.44 bits per heavy atom. The molecular weight excluding hydrogens is 331 g/mol. The molecule has 1 aromatic rings. The first-order chi connectivity index (χ1) is 7.61. The Hall–Kier alpha value is -0.940. The third-order valence-corrected chi connectivity index (χ3v) is 2.83. The zero-order chi connectivity index (χ0) is 12.1. The Labute approximate surface area is 105 Å². The highest BCUT2D eigenvalue weighted by Gasteiger charge is 2.18. The summed E-state index contributed by atoms with van der Waals surface area (Å²) in [5, 5.41) is 8.62. The summed E-state index contributed by atoms with van der Waals surface area (Å²) < 4.78 is 36.6. The monoisotopic (exact) mass is 339 g/mol. The number of hydrogen-bond acceptors (Lipinski definition) is 3. The van der Waals surface area contributed by atoms with Gasteiger partial charge in [0.25, 0.3) is 0 Å². The van der Waals surface area contributed by atoms with Crippen LogP contribution in [-0.2, 0) is 4.74 Å². The molecule has 1 rings (SSSR count). The van der Waals surface area contributed by atoms with E-state index >= 15 is 0 Å². The van der Waals surface area contributed by atoms with Crippen molar-refractivity contribution in [2.45, 2.75) is 0 Å². The number of nitrogens with zero attached hydrogens (tertiary/aromatic N) is 1. The van der Waals surface area contributed by atoms with E-state index in [2.05, 4.69) is 0 Å². The first kappa shape index (κ1) is 13.1. The Kier molecular flexibility index (Phi) is 4.89. The molecule has 16 heavy (non-hydrogen) atoms. The van der Waals surface area contributed by atoms with Crippen molar-refractivity contribution in [3.63, 3.8) is 0 Å². The van der Waals surface area contributed by atoms with Crippen LogP contribution in [0.3, 0.4) is 0 Å². The predicted molar refractivity (Wildman–Crippen MR) is 61.2 cm³/mol. The average Bonchev–Trinajstić information content (AvgIpc) is 2.28. The number of ether oxygens (including phenoxy) is 2. The summed E-state index contributed by atoms with van der Waals surface area (Å²) in [6, 6.07) is 2.66. The molecule has 0 bridgehead atoms. The molecule has 0 aliphatic heterocycles. The van der Waals surface area contributed by atoms with Crippen LogP contribution in [0.15, 0.2) is 6.07 Å². The Morgan fingerprint density at radius 3 is 2.69 bits per heavy atom. The Bertz CT molecular complexity index is 432. The molecule has 0 saturated carbocycles. The van der Waals surface area contributed by atoms with Crippen LogP contribution < -0.4 is 4.74 Å². The molecule has 0 saturated heterocycles. The summed E-state index contributed by atoms with van der Waals surface area (Å²) in [5.74, 6) is -2.21. The second-order valence-electron chi connectivity index (χ2n) is 2.82. The molecule has 0 heterocycles. The summed E-state index contributed by atoms with van der Waals surface area (Å²) in [5.41, 5.74) is -0.0466. The maximum Gasteiger partial charge on any atom is 0.192 e. The average molecular weight is 339 g/mol. The lowest BCUT2D eigenvalue weighted by Crippen LogP contribution is -2.08. The van der Waals surface area contributed by atoms with Crippen LogP contribution in [0.25, 0.3) is 0 Å². The second-order valence-corrected chi connectivity index (χ2v) is 3.89. The van der Waals surface area contributed by atoms with E-state index in [-0.39, 0.29) is 22.3 Å². The maximum absolute atomic E-state index is 13.6. The number of hydrogen-bond donors (Lipinski definition) is 0. The van der Waals surface area contributed by atoms with Crippen molar-refractivity contribution in [1.29, 1.82) is 5.26 Å². The second kappa shape index (κ2) is 5.96. The molecule has 3 nitrogen and oxygen atoms in total. The van der Waals surface area contributed by atoms with Gasteiger partial charge in [0.1, 0.15) is 12.7 Å². The van der Waals surface area contributed by atoms with E-state index in [1.165, 1.54) is 7.11 Å². The molecule has 0 aliphatic rings. The van der Waals surface area contributed by atoms with Gasteiger partial charge in [0.2, 0.25) is 0 Å². The molecule has 1 aromatic carbocycles. The van der Waals surface area contributed by atoms with Crippen LogP contribution in [0, 0.1) is 26.5 Å². The van der Waals surface area contributed by atoms with E-state index < -0.39 is 17.4 Å². The molecule has 0 unspecified atom stereocenters. The maximum atomic E-state index is 13.6. The summed E-state index contributed by atoms with van der Waals surface area (Å²) in [6.45, 7) is 0.280. The van der Waals surface area contributed by atoms with Crippen LogP contribution >= 0.6 is 22.6 Å². The number of rotatable bonds is 4. The fourth-order valence-corrected chi connectivity index (χ4v) is 1.54. The number of methoxy groups -OCH3 is 1. The molecule has 0 aromatic heterocycles. The van der Waals surface area contributed by atoms with Gasteiger partial charge < -0.3 is 9.47 Å². The van der Waals surface area contributed by atoms with Gasteiger partial charge in [-0.3, -0.25) is 0 Å². The molecule has 0 N–H and O–H groups in total. The third kappa shape index (κ3) is 2.80. The van der Waals surface area contributed by atoms with Crippen LogP contribution in [0.4, 0.5) is 8.78 Å². The molecule has 6 heteroatoms. The van der Waals surface area contributed by atoms with Crippen molar-refractivity contribution in [2.24, 2.45) is 0 Å². The summed E-state index contributed by atoms with van der Waals surface area (Å²) >= 11 is 1.63. The van der Waals surface area contributed by atoms with Gasteiger partial charge >= 0.3 is 0 Å². The lowest BCUT2D eigenvalue weighted by Gasteiger charge is -2.09. The molecule has 0 aliphatic carbocycles. The minimum absolute atomic E-state index is 0.0466. The van der Waals surface area contributed by atoms with Gasteiger partial charge in [0.05, 0.1) is 15.7 Å². The Morgan fingerprint density at radius 2 is 2.12 bits per heavy atom. The number of benzene rings is 1. The van der Waals surface area contributed by atoms with Gasteiger partial charge in [0, 0.05) is 7.11 Å². The van der Waals surface area contributed by atoms with Crippen molar-refractivity contribution in [1.82, 2.24) is 0 Å². The van der Waals surface area contributed by atoms with Gasteiger partial charge in [-0.15, -0.1) is 0 Å². The van der Waals surface area contributed by atoms with E-state index in [1.807, 2.05) is 0 Å². The normalized spacial score (nSPS) is 9.94. The van der Waals surface area contributed by atoms with Crippen LogP contribution in [0.1, 0.15) is 5.56 Å². The molecule has 0 amide bonds. The molecule has 0 fully saturated rings. The molecule has 0 spiro atoms. The topological polar surface area (TPSA) is 42.2 Å². The Balaban J connectivity index is 3.02. The third-order valence-electron chi connectivity index (χ3n) is 1.77. The zero-order valence-corrected chi connectivity index (χ0v) is 10.5. The van der Waals surface area contributed by atoms with E-state index in [9.17, 15) is 8.78 Å². The zero-order valence-electron chi connectivity index (χ0n) is 8.39. The minimum atomic E-state index is -0.884. The first-order valence-corrected chi connectivity index (χ1v) is 5.39. The summed E-state index contributed by atoms with van der Waals surface area (Å²) in [6.07, 6.45) is 0. The van der Waals surface area contributed by atoms with Crippen molar-refractivity contribution in [3.05, 3.63) is 26.8 Å². The lowest BCUT2D eigenvalue weighted by atomic mass is 10.2. The van der Waals surface area contributed by atoms with Crippen LogP contribution in [-0.4, -0.2) is 20.3 Å². The van der Waals surface area contributed by atoms with Crippen molar-refractivity contribution in [3.8, 4) is 11.8 Å². The molecule has 0 radical (unpaired) electrons. The highest BCUT2D eigenvalue weighted by Crippen LogP contribution is 2.28. The highest BCUT2D eigenvalue weighted by atomic mass is 127. The largest absolute Gasteiger partial charge is 0.485 e. The molecular formula is C10H8F2INO2. The standard InChI is InChI=1S/C10H8F2INO2/c1-15-2-3-16-10-7(11)4-6(5-14)9(13)8(10)12/h4H,2-3H2,1H3. The first-order valence-electron chi connectivity index (χ1n) is 4.31. The quantitative estimate of drug-likeness (QED) is 0.481. The van der Waals surface area contributed by atoms with Gasteiger partial charge in [-0.05, 0) is 28.7 Å². The van der Waals surface area contributed by atoms with Gasteiger partial charge in [-0.2, -0.15) is 5.26 Å². The van der Waals surface area contributed by atoms with Crippen molar-refractivity contribution in [2.75, 3.05) is 20.3 Å². The number of halogens is 3. The molecule has 0 atom stereocenters. The van der Waals surface area contributed by atoms with Crippen molar-refractivity contribution >= 4 is 22.6 Å². The summed E-state index contributed by atoms with van der Waals surface area (Å²) in [4.78, 5) is 0. The van der Waals surface area contributed by atoms with Crippen LogP contribution in [0.2, 0.25) is 0 Å². The lowest BCUT2D eigenvalue weighted by molar-refractivity contribution is 0.141. The molecule has 86 valence electrons. The minimum Gasteiger partial charge on any atom is -0.485 e. The SMILES string of the molecule is COCCOc1c(F)cc(C#N)c(I)c1F.